The number of amides is 1. The topological polar surface area (TPSA) is 68.5 Å². The smallest absolute Gasteiger partial charge is 0.419 e. The lowest BCUT2D eigenvalue weighted by atomic mass is 10.1. The Kier molecular flexibility index (Phi) is 5.40. The van der Waals surface area contributed by atoms with Gasteiger partial charge in [-0.15, -0.1) is 0 Å². The van der Waals surface area contributed by atoms with E-state index in [4.69, 9.17) is 4.74 Å². The first-order valence-corrected chi connectivity index (χ1v) is 9.72. The van der Waals surface area contributed by atoms with E-state index in [0.29, 0.717) is 11.3 Å². The molecule has 6 nitrogen and oxygen atoms in total. The lowest BCUT2D eigenvalue weighted by molar-refractivity contribution is -0.138. The monoisotopic (exact) mass is 490 g/mol. The van der Waals surface area contributed by atoms with E-state index in [-0.39, 0.29) is 11.3 Å². The number of nitrogens with zero attached hydrogens (tertiary/aromatic N) is 3. The summed E-state index contributed by atoms with van der Waals surface area (Å²) in [4.78, 5) is 16.9. The van der Waals surface area contributed by atoms with Crippen LogP contribution in [-0.4, -0.2) is 27.6 Å². The molecule has 0 fully saturated rings. The number of halogens is 4. The van der Waals surface area contributed by atoms with Crippen LogP contribution in [-0.2, 0) is 6.18 Å². The second-order valence-corrected chi connectivity index (χ2v) is 7.36. The van der Waals surface area contributed by atoms with Gasteiger partial charge in [0.25, 0.3) is 5.91 Å². The fourth-order valence-electron chi connectivity index (χ4n) is 3.11. The highest BCUT2D eigenvalue weighted by Gasteiger charge is 2.35. The molecular formula is C21H14BrF3N4O2. The van der Waals surface area contributed by atoms with E-state index >= 15 is 0 Å². The van der Waals surface area contributed by atoms with E-state index in [1.54, 1.807) is 41.2 Å². The molecule has 0 saturated heterocycles. The standard InChI is InChI=1S/C21H14BrF3N4O2/c1-31-18-6-5-13(10-15(18)21(23,24)25)20(30)28-14-4-2-3-12(9-14)17-7-8-26-19-16(22)11-27-29(17)19/h2-11H,1H3,(H,28,30). The van der Waals surface area contributed by atoms with Gasteiger partial charge in [-0.25, -0.2) is 9.50 Å². The first-order valence-electron chi connectivity index (χ1n) is 8.93. The van der Waals surface area contributed by atoms with Gasteiger partial charge in [0.05, 0.1) is 29.0 Å². The normalized spacial score (nSPS) is 11.5. The fraction of sp³-hybridized carbons (Fsp3) is 0.0952. The van der Waals surface area contributed by atoms with Crippen molar-refractivity contribution >= 4 is 33.2 Å². The summed E-state index contributed by atoms with van der Waals surface area (Å²) < 4.78 is 46.9. The van der Waals surface area contributed by atoms with E-state index in [1.165, 1.54) is 6.07 Å². The molecule has 0 aliphatic carbocycles. The van der Waals surface area contributed by atoms with Crippen molar-refractivity contribution in [2.75, 3.05) is 12.4 Å². The second kappa shape index (κ2) is 8.03. The van der Waals surface area contributed by atoms with E-state index in [2.05, 4.69) is 31.3 Å². The number of carbonyl (C=O) groups excluding carboxylic acids is 1. The molecule has 2 aromatic carbocycles. The Morgan fingerprint density at radius 1 is 1.16 bits per heavy atom. The number of rotatable bonds is 4. The number of aromatic nitrogens is 3. The Morgan fingerprint density at radius 2 is 1.97 bits per heavy atom. The molecule has 31 heavy (non-hydrogen) atoms. The zero-order chi connectivity index (χ0) is 22.2. The van der Waals surface area contributed by atoms with Crippen molar-refractivity contribution < 1.29 is 22.7 Å². The molecule has 2 heterocycles. The molecular weight excluding hydrogens is 477 g/mol. The van der Waals surface area contributed by atoms with Gasteiger partial charge in [0.2, 0.25) is 0 Å². The van der Waals surface area contributed by atoms with Crippen molar-refractivity contribution in [2.24, 2.45) is 0 Å². The van der Waals surface area contributed by atoms with Gasteiger partial charge in [-0.2, -0.15) is 18.3 Å². The van der Waals surface area contributed by atoms with E-state index in [0.717, 1.165) is 35.0 Å². The largest absolute Gasteiger partial charge is 0.496 e. The molecule has 1 amide bonds. The Bertz CT molecular complexity index is 1290. The number of alkyl halides is 3. The number of methoxy groups -OCH3 is 1. The average molecular weight is 491 g/mol. The molecule has 0 radical (unpaired) electrons. The Hall–Kier alpha value is -3.40. The third-order valence-corrected chi connectivity index (χ3v) is 5.10. The number of anilines is 1. The molecule has 4 aromatic rings. The minimum absolute atomic E-state index is 0.138. The van der Waals surface area contributed by atoms with Crippen molar-refractivity contribution in [3.8, 4) is 17.0 Å². The van der Waals surface area contributed by atoms with Crippen LogP contribution in [0.3, 0.4) is 0 Å². The van der Waals surface area contributed by atoms with Crippen LogP contribution in [0, 0.1) is 0 Å². The predicted octanol–water partition coefficient (Wildman–Crippen LogP) is 5.44. The minimum Gasteiger partial charge on any atom is -0.496 e. The molecule has 0 unspecified atom stereocenters. The number of benzene rings is 2. The molecule has 0 atom stereocenters. The Morgan fingerprint density at radius 3 is 2.71 bits per heavy atom. The molecule has 0 bridgehead atoms. The highest BCUT2D eigenvalue weighted by Crippen LogP contribution is 2.36. The van der Waals surface area contributed by atoms with E-state index in [9.17, 15) is 18.0 Å². The van der Waals surface area contributed by atoms with Crippen LogP contribution in [0.25, 0.3) is 16.9 Å². The number of fused-ring (bicyclic) bond motifs is 1. The van der Waals surface area contributed by atoms with Crippen LogP contribution in [0.2, 0.25) is 0 Å². The van der Waals surface area contributed by atoms with Crippen molar-refractivity contribution in [1.29, 1.82) is 0 Å². The van der Waals surface area contributed by atoms with Crippen LogP contribution in [0.5, 0.6) is 5.75 Å². The highest BCUT2D eigenvalue weighted by atomic mass is 79.9. The third-order valence-electron chi connectivity index (χ3n) is 4.54. The van der Waals surface area contributed by atoms with E-state index < -0.39 is 17.6 Å². The van der Waals surface area contributed by atoms with Crippen molar-refractivity contribution in [2.45, 2.75) is 6.18 Å². The number of carbonyl (C=O) groups is 1. The van der Waals surface area contributed by atoms with Gasteiger partial charge in [0.15, 0.2) is 5.65 Å². The Balaban J connectivity index is 1.65. The van der Waals surface area contributed by atoms with Crippen molar-refractivity contribution in [1.82, 2.24) is 14.6 Å². The van der Waals surface area contributed by atoms with Gasteiger partial charge in [-0.3, -0.25) is 4.79 Å². The van der Waals surface area contributed by atoms with Gasteiger partial charge in [0, 0.05) is 23.0 Å². The maximum atomic E-state index is 13.2. The molecule has 10 heteroatoms. The Labute approximate surface area is 182 Å². The lowest BCUT2D eigenvalue weighted by Gasteiger charge is -2.14. The summed E-state index contributed by atoms with van der Waals surface area (Å²) in [5, 5.41) is 6.92. The maximum absolute atomic E-state index is 13.2. The minimum atomic E-state index is -4.65. The highest BCUT2D eigenvalue weighted by molar-refractivity contribution is 9.10. The molecule has 1 N–H and O–H groups in total. The van der Waals surface area contributed by atoms with Crippen molar-refractivity contribution in [3.63, 3.8) is 0 Å². The average Bonchev–Trinajstić information content (AvgIpc) is 3.14. The molecule has 0 aliphatic rings. The van der Waals surface area contributed by atoms with Gasteiger partial charge in [-0.1, -0.05) is 12.1 Å². The summed E-state index contributed by atoms with van der Waals surface area (Å²) >= 11 is 3.38. The molecule has 2 aromatic heterocycles. The van der Waals surface area contributed by atoms with Crippen LogP contribution >= 0.6 is 15.9 Å². The SMILES string of the molecule is COc1ccc(C(=O)Nc2cccc(-c3ccnc4c(Br)cnn34)c2)cc1C(F)(F)F. The van der Waals surface area contributed by atoms with Crippen LogP contribution in [0.15, 0.2) is 65.4 Å². The van der Waals surface area contributed by atoms with Gasteiger partial charge in [0.1, 0.15) is 5.75 Å². The summed E-state index contributed by atoms with van der Waals surface area (Å²) in [5.74, 6) is -1.02. The summed E-state index contributed by atoms with van der Waals surface area (Å²) in [6.45, 7) is 0. The summed E-state index contributed by atoms with van der Waals surface area (Å²) in [6.07, 6.45) is -1.38. The number of hydrogen-bond acceptors (Lipinski definition) is 4. The van der Waals surface area contributed by atoms with Crippen LogP contribution in [0.1, 0.15) is 15.9 Å². The predicted molar refractivity (Wildman–Crippen MR) is 112 cm³/mol. The van der Waals surface area contributed by atoms with Crippen molar-refractivity contribution in [3.05, 3.63) is 76.5 Å². The van der Waals surface area contributed by atoms with Gasteiger partial charge >= 0.3 is 6.18 Å². The first kappa shape index (κ1) is 20.9. The quantitative estimate of drug-likeness (QED) is 0.413. The van der Waals surface area contributed by atoms with Crippen LogP contribution in [0.4, 0.5) is 18.9 Å². The molecule has 0 spiro atoms. The fourth-order valence-corrected chi connectivity index (χ4v) is 3.47. The zero-order valence-electron chi connectivity index (χ0n) is 15.9. The second-order valence-electron chi connectivity index (χ2n) is 6.51. The summed E-state index contributed by atoms with van der Waals surface area (Å²) in [7, 11) is 1.14. The molecule has 4 rings (SSSR count). The van der Waals surface area contributed by atoms with Gasteiger partial charge < -0.3 is 10.1 Å². The molecule has 0 aliphatic heterocycles. The summed E-state index contributed by atoms with van der Waals surface area (Å²) in [6, 6.07) is 11.8. The summed E-state index contributed by atoms with van der Waals surface area (Å²) in [5.41, 5.74) is 1.37. The molecule has 158 valence electrons. The maximum Gasteiger partial charge on any atom is 0.419 e. The van der Waals surface area contributed by atoms with Crippen LogP contribution < -0.4 is 10.1 Å². The number of hydrogen-bond donors (Lipinski definition) is 1. The molecule has 0 saturated carbocycles. The third kappa shape index (κ3) is 4.11. The zero-order valence-corrected chi connectivity index (χ0v) is 17.5. The number of ether oxygens (including phenoxy) is 1. The number of nitrogens with one attached hydrogen (secondary N) is 1. The first-order chi connectivity index (χ1) is 14.8. The van der Waals surface area contributed by atoms with Gasteiger partial charge in [-0.05, 0) is 52.3 Å². The van der Waals surface area contributed by atoms with E-state index in [1.807, 2.05) is 6.07 Å². The lowest BCUT2D eigenvalue weighted by Crippen LogP contribution is -2.15.